The Labute approximate surface area is 169 Å². The highest BCUT2D eigenvalue weighted by Gasteiger charge is 2.51. The molecule has 3 rings (SSSR count). The number of nitrogens with zero attached hydrogens (tertiary/aromatic N) is 1. The van der Waals surface area contributed by atoms with Crippen LogP contribution in [0.4, 0.5) is 4.79 Å². The summed E-state index contributed by atoms with van der Waals surface area (Å²) in [5, 5.41) is 2.88. The van der Waals surface area contributed by atoms with E-state index in [0.29, 0.717) is 50.2 Å². The van der Waals surface area contributed by atoms with E-state index in [9.17, 15) is 14.4 Å². The lowest BCUT2D eigenvalue weighted by atomic mass is 9.83. The Morgan fingerprint density at radius 2 is 1.86 bits per heavy atom. The molecule has 2 aliphatic heterocycles. The number of amides is 2. The molecule has 1 N–H and O–H groups in total. The Balaban J connectivity index is 1.69. The second-order valence-electron chi connectivity index (χ2n) is 7.10. The van der Waals surface area contributed by atoms with Gasteiger partial charge >= 0.3 is 12.1 Å². The molecule has 2 amide bonds. The standard InChI is InChI=1S/C21H26N2O6/c1-4-28-20(26)23-11-9-21(10-12-23)17(14(2)19(25)29-21)18(24)22-13-15-5-7-16(27-3)8-6-15/h5-8H,4,9-13H2,1-3H3,(H,22,24). The molecule has 1 aromatic carbocycles. The molecule has 8 heteroatoms. The molecule has 29 heavy (non-hydrogen) atoms. The second-order valence-corrected chi connectivity index (χ2v) is 7.10. The molecular formula is C21H26N2O6. The maximum atomic E-state index is 13.0. The third kappa shape index (κ3) is 4.21. The number of ether oxygens (including phenoxy) is 3. The molecule has 2 aliphatic rings. The Kier molecular flexibility index (Phi) is 6.10. The van der Waals surface area contributed by atoms with E-state index < -0.39 is 17.7 Å². The van der Waals surface area contributed by atoms with Gasteiger partial charge in [0.25, 0.3) is 5.91 Å². The van der Waals surface area contributed by atoms with E-state index in [1.165, 1.54) is 0 Å². The first-order valence-corrected chi connectivity index (χ1v) is 9.67. The molecule has 0 radical (unpaired) electrons. The second kappa shape index (κ2) is 8.55. The van der Waals surface area contributed by atoms with Gasteiger partial charge in [-0.2, -0.15) is 0 Å². The molecule has 2 heterocycles. The number of hydrogen-bond acceptors (Lipinski definition) is 6. The van der Waals surface area contributed by atoms with E-state index in [-0.39, 0.29) is 5.91 Å². The zero-order valence-corrected chi connectivity index (χ0v) is 16.9. The predicted molar refractivity (Wildman–Crippen MR) is 104 cm³/mol. The van der Waals surface area contributed by atoms with E-state index in [1.807, 2.05) is 24.3 Å². The maximum Gasteiger partial charge on any atom is 0.409 e. The first kappa shape index (κ1) is 20.7. The van der Waals surface area contributed by atoms with Crippen molar-refractivity contribution in [3.8, 4) is 5.75 Å². The fraction of sp³-hybridized carbons (Fsp3) is 0.476. The third-order valence-electron chi connectivity index (χ3n) is 5.36. The minimum Gasteiger partial charge on any atom is -0.497 e. The van der Waals surface area contributed by atoms with Crippen LogP contribution in [0.3, 0.4) is 0 Å². The number of piperidine rings is 1. The number of hydrogen-bond donors (Lipinski definition) is 1. The SMILES string of the molecule is CCOC(=O)N1CCC2(CC1)OC(=O)C(C)=C2C(=O)NCc1ccc(OC)cc1. The van der Waals surface area contributed by atoms with Crippen LogP contribution in [0.5, 0.6) is 5.75 Å². The van der Waals surface area contributed by atoms with Crippen LogP contribution in [0.2, 0.25) is 0 Å². The predicted octanol–water partition coefficient (Wildman–Crippen LogP) is 2.18. The first-order chi connectivity index (χ1) is 13.9. The zero-order valence-electron chi connectivity index (χ0n) is 16.9. The summed E-state index contributed by atoms with van der Waals surface area (Å²) in [5.41, 5.74) is 0.601. The van der Waals surface area contributed by atoms with Crippen molar-refractivity contribution in [2.45, 2.75) is 38.8 Å². The highest BCUT2D eigenvalue weighted by atomic mass is 16.6. The van der Waals surface area contributed by atoms with Crippen molar-refractivity contribution in [1.29, 1.82) is 0 Å². The largest absolute Gasteiger partial charge is 0.497 e. The van der Waals surface area contributed by atoms with Crippen molar-refractivity contribution in [2.75, 3.05) is 26.8 Å². The smallest absolute Gasteiger partial charge is 0.409 e. The number of esters is 1. The molecule has 8 nitrogen and oxygen atoms in total. The Hall–Kier alpha value is -3.03. The van der Waals surface area contributed by atoms with Gasteiger partial charge in [-0.25, -0.2) is 9.59 Å². The van der Waals surface area contributed by atoms with E-state index in [0.717, 1.165) is 11.3 Å². The molecule has 0 aromatic heterocycles. The number of benzene rings is 1. The van der Waals surface area contributed by atoms with Gasteiger partial charge in [0.15, 0.2) is 0 Å². The van der Waals surface area contributed by atoms with Gasteiger partial charge in [0.2, 0.25) is 0 Å². The van der Waals surface area contributed by atoms with Crippen LogP contribution in [0, 0.1) is 0 Å². The molecule has 1 saturated heterocycles. The van der Waals surface area contributed by atoms with Gasteiger partial charge < -0.3 is 24.4 Å². The fourth-order valence-corrected chi connectivity index (χ4v) is 3.76. The van der Waals surface area contributed by atoms with Crippen molar-refractivity contribution in [1.82, 2.24) is 10.2 Å². The molecule has 156 valence electrons. The van der Waals surface area contributed by atoms with E-state index >= 15 is 0 Å². The lowest BCUT2D eigenvalue weighted by molar-refractivity contribution is -0.150. The monoisotopic (exact) mass is 402 g/mol. The number of carbonyl (C=O) groups excluding carboxylic acids is 3. The van der Waals surface area contributed by atoms with Gasteiger partial charge in [-0.1, -0.05) is 12.1 Å². The molecule has 1 aromatic rings. The van der Waals surface area contributed by atoms with E-state index in [2.05, 4.69) is 5.32 Å². The lowest BCUT2D eigenvalue weighted by Gasteiger charge is -2.38. The summed E-state index contributed by atoms with van der Waals surface area (Å²) >= 11 is 0. The van der Waals surface area contributed by atoms with Crippen LogP contribution in [-0.4, -0.2) is 55.3 Å². The van der Waals surface area contributed by atoms with Gasteiger partial charge in [0, 0.05) is 38.0 Å². The van der Waals surface area contributed by atoms with Crippen LogP contribution in [-0.2, 0) is 25.6 Å². The summed E-state index contributed by atoms with van der Waals surface area (Å²) in [6.07, 6.45) is 0.332. The molecule has 0 unspecified atom stereocenters. The minimum atomic E-state index is -0.992. The molecule has 0 aliphatic carbocycles. The van der Waals surface area contributed by atoms with Gasteiger partial charge in [-0.3, -0.25) is 4.79 Å². The zero-order chi connectivity index (χ0) is 21.0. The number of carbonyl (C=O) groups is 3. The molecule has 1 spiro atoms. The summed E-state index contributed by atoms with van der Waals surface area (Å²) in [6.45, 7) is 4.69. The number of rotatable bonds is 5. The van der Waals surface area contributed by atoms with Gasteiger partial charge in [0.05, 0.1) is 19.3 Å². The quantitative estimate of drug-likeness (QED) is 0.759. The van der Waals surface area contributed by atoms with Crippen molar-refractivity contribution >= 4 is 18.0 Å². The van der Waals surface area contributed by atoms with Crippen molar-refractivity contribution < 1.29 is 28.6 Å². The van der Waals surface area contributed by atoms with Crippen molar-refractivity contribution in [3.05, 3.63) is 41.0 Å². The van der Waals surface area contributed by atoms with Crippen LogP contribution in [0.25, 0.3) is 0 Å². The fourth-order valence-electron chi connectivity index (χ4n) is 3.76. The van der Waals surface area contributed by atoms with Gasteiger partial charge in [-0.05, 0) is 31.5 Å². The summed E-state index contributed by atoms with van der Waals surface area (Å²) in [5.74, 6) is -0.0707. The summed E-state index contributed by atoms with van der Waals surface area (Å²) in [6, 6.07) is 7.37. The average molecular weight is 402 g/mol. The Morgan fingerprint density at radius 3 is 2.45 bits per heavy atom. The number of methoxy groups -OCH3 is 1. The normalized spacial score (nSPS) is 17.9. The summed E-state index contributed by atoms with van der Waals surface area (Å²) in [4.78, 5) is 38.7. The Morgan fingerprint density at radius 1 is 1.21 bits per heavy atom. The van der Waals surface area contributed by atoms with Crippen LogP contribution >= 0.6 is 0 Å². The minimum absolute atomic E-state index is 0.299. The maximum absolute atomic E-state index is 13.0. The van der Waals surface area contributed by atoms with Gasteiger partial charge in [-0.15, -0.1) is 0 Å². The molecule has 0 saturated carbocycles. The molecule has 1 fully saturated rings. The first-order valence-electron chi connectivity index (χ1n) is 9.67. The number of nitrogens with one attached hydrogen (secondary N) is 1. The van der Waals surface area contributed by atoms with E-state index in [1.54, 1.807) is 25.9 Å². The van der Waals surface area contributed by atoms with E-state index in [4.69, 9.17) is 14.2 Å². The van der Waals surface area contributed by atoms with Gasteiger partial charge in [0.1, 0.15) is 11.4 Å². The molecular weight excluding hydrogens is 376 g/mol. The van der Waals surface area contributed by atoms with Crippen LogP contribution < -0.4 is 10.1 Å². The summed E-state index contributed by atoms with van der Waals surface area (Å²) < 4.78 is 15.8. The third-order valence-corrected chi connectivity index (χ3v) is 5.36. The van der Waals surface area contributed by atoms with Crippen molar-refractivity contribution in [3.63, 3.8) is 0 Å². The highest BCUT2D eigenvalue weighted by molar-refractivity contribution is 6.07. The average Bonchev–Trinajstić information content (AvgIpc) is 2.96. The number of likely N-dealkylation sites (tertiary alicyclic amines) is 1. The van der Waals surface area contributed by atoms with Crippen LogP contribution in [0.15, 0.2) is 35.4 Å². The lowest BCUT2D eigenvalue weighted by Crippen LogP contribution is -2.50. The summed E-state index contributed by atoms with van der Waals surface area (Å²) in [7, 11) is 1.59. The van der Waals surface area contributed by atoms with Crippen molar-refractivity contribution in [2.24, 2.45) is 0 Å². The molecule has 0 atom stereocenters. The Bertz CT molecular complexity index is 822. The highest BCUT2D eigenvalue weighted by Crippen LogP contribution is 2.41. The topological polar surface area (TPSA) is 94.2 Å². The molecule has 0 bridgehead atoms. The van der Waals surface area contributed by atoms with Crippen LogP contribution in [0.1, 0.15) is 32.3 Å².